The Morgan fingerprint density at radius 2 is 2.03 bits per heavy atom. The van der Waals surface area contributed by atoms with Gasteiger partial charge >= 0.3 is 0 Å². The fraction of sp³-hybridized carbons (Fsp3) is 0.345. The summed E-state index contributed by atoms with van der Waals surface area (Å²) in [5.41, 5.74) is 2.25. The summed E-state index contributed by atoms with van der Waals surface area (Å²) in [6.07, 6.45) is 1.81. The first-order valence-corrected chi connectivity index (χ1v) is 13.0. The summed E-state index contributed by atoms with van der Waals surface area (Å²) >= 11 is 0. The van der Waals surface area contributed by atoms with Gasteiger partial charge in [-0.2, -0.15) is 0 Å². The van der Waals surface area contributed by atoms with Crippen molar-refractivity contribution in [3.05, 3.63) is 60.7 Å². The second-order valence-electron chi connectivity index (χ2n) is 9.43. The van der Waals surface area contributed by atoms with Crippen molar-refractivity contribution in [1.29, 1.82) is 0 Å². The molecule has 5 rings (SSSR count). The number of rotatable bonds is 12. The number of aliphatic hydroxyl groups is 1. The van der Waals surface area contributed by atoms with E-state index in [0.717, 1.165) is 42.5 Å². The van der Waals surface area contributed by atoms with Crippen molar-refractivity contribution >= 4 is 22.7 Å². The van der Waals surface area contributed by atoms with Crippen LogP contribution in [0.5, 0.6) is 5.75 Å². The van der Waals surface area contributed by atoms with E-state index in [9.17, 15) is 9.90 Å². The summed E-state index contributed by atoms with van der Waals surface area (Å²) in [6, 6.07) is 19.2. The Hall–Kier alpha value is -3.95. The van der Waals surface area contributed by atoms with Crippen molar-refractivity contribution in [1.82, 2.24) is 20.2 Å². The average Bonchev–Trinajstić information content (AvgIpc) is 3.56. The number of nitrogens with one attached hydrogen (secondary N) is 2. The van der Waals surface area contributed by atoms with E-state index in [2.05, 4.69) is 10.6 Å². The molecule has 1 fully saturated rings. The normalized spacial score (nSPS) is 14.3. The van der Waals surface area contributed by atoms with Crippen molar-refractivity contribution in [3.8, 4) is 28.6 Å². The van der Waals surface area contributed by atoms with E-state index in [4.69, 9.17) is 19.1 Å². The number of hydrogen-bond donors (Lipinski definition) is 3. The Morgan fingerprint density at radius 1 is 1.13 bits per heavy atom. The molecule has 1 saturated heterocycles. The van der Waals surface area contributed by atoms with Crippen molar-refractivity contribution in [2.45, 2.75) is 25.4 Å². The highest BCUT2D eigenvalue weighted by molar-refractivity contribution is 5.82. The standard InChI is InChI=1S/C29H33N5O4/c1-30-18-22(35)19-37-23-9-4-8-21(15-23)29-32-24(26-16-20-7-2-3-10-25(20)38-26)17-27(33-29)31-12-6-14-34-13-5-11-28(34)36/h2-4,7-10,15-17,22,30,35H,5-6,11-14,18-19H2,1H3,(H,31,32,33). The summed E-state index contributed by atoms with van der Waals surface area (Å²) in [5, 5.41) is 17.3. The highest BCUT2D eigenvalue weighted by Crippen LogP contribution is 2.30. The lowest BCUT2D eigenvalue weighted by molar-refractivity contribution is -0.127. The minimum atomic E-state index is -0.608. The van der Waals surface area contributed by atoms with Gasteiger partial charge in [0.15, 0.2) is 11.6 Å². The predicted molar refractivity (Wildman–Crippen MR) is 147 cm³/mol. The van der Waals surface area contributed by atoms with Crippen molar-refractivity contribution in [3.63, 3.8) is 0 Å². The number of ether oxygens (including phenoxy) is 1. The molecule has 1 atom stereocenters. The molecular formula is C29H33N5O4. The highest BCUT2D eigenvalue weighted by atomic mass is 16.5. The van der Waals surface area contributed by atoms with Gasteiger partial charge in [-0.1, -0.05) is 30.3 Å². The quantitative estimate of drug-likeness (QED) is 0.243. The van der Waals surface area contributed by atoms with E-state index in [1.165, 1.54) is 0 Å². The summed E-state index contributed by atoms with van der Waals surface area (Å²) in [4.78, 5) is 23.4. The van der Waals surface area contributed by atoms with Crippen LogP contribution in [0.4, 0.5) is 5.82 Å². The smallest absolute Gasteiger partial charge is 0.222 e. The van der Waals surface area contributed by atoms with Gasteiger partial charge in [-0.05, 0) is 44.2 Å². The topological polar surface area (TPSA) is 113 Å². The molecule has 0 aliphatic carbocycles. The molecule has 1 unspecified atom stereocenters. The van der Waals surface area contributed by atoms with E-state index in [1.807, 2.05) is 65.6 Å². The number of nitrogens with zero attached hydrogens (tertiary/aromatic N) is 3. The molecule has 0 saturated carbocycles. The van der Waals surface area contributed by atoms with Crippen molar-refractivity contribution < 1.29 is 19.1 Å². The van der Waals surface area contributed by atoms with E-state index >= 15 is 0 Å². The van der Waals surface area contributed by atoms with Crippen LogP contribution in [0.1, 0.15) is 19.3 Å². The zero-order valence-corrected chi connectivity index (χ0v) is 21.5. The van der Waals surface area contributed by atoms with Crippen molar-refractivity contribution in [2.75, 3.05) is 45.2 Å². The maximum Gasteiger partial charge on any atom is 0.222 e. The summed E-state index contributed by atoms with van der Waals surface area (Å²) < 4.78 is 11.9. The maximum atomic E-state index is 11.9. The lowest BCUT2D eigenvalue weighted by atomic mass is 10.2. The molecule has 1 aliphatic heterocycles. The van der Waals surface area contributed by atoms with E-state index in [0.29, 0.717) is 48.4 Å². The Bertz CT molecular complexity index is 1360. The third-order valence-corrected chi connectivity index (χ3v) is 6.46. The van der Waals surface area contributed by atoms with Crippen LogP contribution in [0.15, 0.2) is 65.1 Å². The molecule has 0 bridgehead atoms. The van der Waals surface area contributed by atoms with E-state index < -0.39 is 6.10 Å². The first-order chi connectivity index (χ1) is 18.6. The average molecular weight is 516 g/mol. The van der Waals surface area contributed by atoms with Gasteiger partial charge in [-0.25, -0.2) is 9.97 Å². The van der Waals surface area contributed by atoms with Crippen LogP contribution in [0.3, 0.4) is 0 Å². The van der Waals surface area contributed by atoms with Crippen LogP contribution in [0, 0.1) is 0 Å². The molecule has 3 N–H and O–H groups in total. The Kier molecular flexibility index (Phi) is 8.15. The molecule has 198 valence electrons. The minimum absolute atomic E-state index is 0.177. The molecule has 9 heteroatoms. The van der Waals surface area contributed by atoms with E-state index in [-0.39, 0.29) is 12.5 Å². The first kappa shape index (κ1) is 25.7. The number of aromatic nitrogens is 2. The van der Waals surface area contributed by atoms with Gasteiger partial charge in [-0.3, -0.25) is 4.79 Å². The maximum absolute atomic E-state index is 11.9. The number of carbonyl (C=O) groups excluding carboxylic acids is 1. The molecule has 0 radical (unpaired) electrons. The zero-order valence-electron chi connectivity index (χ0n) is 21.5. The number of fused-ring (bicyclic) bond motifs is 1. The number of amides is 1. The van der Waals surface area contributed by atoms with Gasteiger partial charge in [0.05, 0.1) is 0 Å². The molecule has 1 amide bonds. The third kappa shape index (κ3) is 6.30. The van der Waals surface area contributed by atoms with Crippen LogP contribution in [0.2, 0.25) is 0 Å². The predicted octanol–water partition coefficient (Wildman–Crippen LogP) is 3.94. The molecule has 9 nitrogen and oxygen atoms in total. The third-order valence-electron chi connectivity index (χ3n) is 6.46. The minimum Gasteiger partial charge on any atom is -0.491 e. The summed E-state index contributed by atoms with van der Waals surface area (Å²) in [5.74, 6) is 2.72. The number of benzene rings is 2. The molecule has 1 aliphatic rings. The molecule has 0 spiro atoms. The lowest BCUT2D eigenvalue weighted by Crippen LogP contribution is -2.29. The SMILES string of the molecule is CNCC(O)COc1cccc(-c2nc(NCCCN3CCCC3=O)cc(-c3cc4ccccc4o3)n2)c1. The number of carbonyl (C=O) groups is 1. The van der Waals surface area contributed by atoms with Crippen LogP contribution < -0.4 is 15.4 Å². The van der Waals surface area contributed by atoms with Crippen LogP contribution in [0.25, 0.3) is 33.8 Å². The molecule has 4 aromatic rings. The van der Waals surface area contributed by atoms with Gasteiger partial charge in [0.25, 0.3) is 0 Å². The molecular weight excluding hydrogens is 482 g/mol. The zero-order chi connectivity index (χ0) is 26.3. The first-order valence-electron chi connectivity index (χ1n) is 13.0. The summed E-state index contributed by atoms with van der Waals surface area (Å²) in [6.45, 7) is 2.88. The Balaban J connectivity index is 1.38. The number of anilines is 1. The monoisotopic (exact) mass is 515 g/mol. The molecule has 38 heavy (non-hydrogen) atoms. The number of para-hydroxylation sites is 1. The largest absolute Gasteiger partial charge is 0.491 e. The van der Waals surface area contributed by atoms with Gasteiger partial charge in [0.2, 0.25) is 5.91 Å². The van der Waals surface area contributed by atoms with Gasteiger partial charge in [0.1, 0.15) is 35.6 Å². The number of likely N-dealkylation sites (N-methyl/N-ethyl adjacent to an activating group) is 1. The van der Waals surface area contributed by atoms with E-state index in [1.54, 1.807) is 7.05 Å². The Morgan fingerprint density at radius 3 is 2.84 bits per heavy atom. The van der Waals surface area contributed by atoms with Gasteiger partial charge in [0, 0.05) is 49.6 Å². The highest BCUT2D eigenvalue weighted by Gasteiger charge is 2.19. The lowest BCUT2D eigenvalue weighted by Gasteiger charge is -2.16. The fourth-order valence-electron chi connectivity index (χ4n) is 4.54. The summed E-state index contributed by atoms with van der Waals surface area (Å²) in [7, 11) is 1.79. The number of aliphatic hydroxyl groups excluding tert-OH is 1. The fourth-order valence-corrected chi connectivity index (χ4v) is 4.54. The number of likely N-dealkylation sites (tertiary alicyclic amines) is 1. The Labute approximate surface area is 221 Å². The number of hydrogen-bond acceptors (Lipinski definition) is 8. The number of furan rings is 1. The van der Waals surface area contributed by atoms with Gasteiger partial charge < -0.3 is 29.8 Å². The van der Waals surface area contributed by atoms with Crippen LogP contribution in [-0.4, -0.2) is 71.8 Å². The second kappa shape index (κ2) is 12.1. The van der Waals surface area contributed by atoms with Crippen molar-refractivity contribution in [2.24, 2.45) is 0 Å². The molecule has 2 aromatic carbocycles. The van der Waals surface area contributed by atoms with Crippen LogP contribution >= 0.6 is 0 Å². The van der Waals surface area contributed by atoms with Crippen LogP contribution in [-0.2, 0) is 4.79 Å². The molecule has 3 heterocycles. The second-order valence-corrected chi connectivity index (χ2v) is 9.43. The van der Waals surface area contributed by atoms with Gasteiger partial charge in [-0.15, -0.1) is 0 Å². The molecule has 2 aromatic heterocycles.